The lowest BCUT2D eigenvalue weighted by Crippen LogP contribution is -2.39. The zero-order valence-electron chi connectivity index (χ0n) is 11.7. The highest BCUT2D eigenvalue weighted by Gasteiger charge is 2.13. The van der Waals surface area contributed by atoms with Crippen LogP contribution in [0.5, 0.6) is 5.75 Å². The Morgan fingerprint density at radius 3 is 2.38 bits per heavy atom. The van der Waals surface area contributed by atoms with Crippen molar-refractivity contribution in [3.63, 3.8) is 0 Å². The fourth-order valence-electron chi connectivity index (χ4n) is 2.17. The molecule has 0 saturated carbocycles. The van der Waals surface area contributed by atoms with Crippen LogP contribution in [0.25, 0.3) is 0 Å². The molecule has 0 saturated heterocycles. The van der Waals surface area contributed by atoms with Gasteiger partial charge < -0.3 is 15.5 Å². The fraction of sp³-hybridized carbons (Fsp3) is 0.235. The molecule has 3 N–H and O–H groups in total. The van der Waals surface area contributed by atoms with Crippen molar-refractivity contribution >= 4 is 5.91 Å². The van der Waals surface area contributed by atoms with Crippen LogP contribution in [-0.4, -0.2) is 28.8 Å². The summed E-state index contributed by atoms with van der Waals surface area (Å²) < 4.78 is 0. The lowest BCUT2D eigenvalue weighted by molar-refractivity contribution is -0.121. The molecule has 21 heavy (non-hydrogen) atoms. The van der Waals surface area contributed by atoms with Crippen molar-refractivity contribution < 1.29 is 15.0 Å². The van der Waals surface area contributed by atoms with Gasteiger partial charge in [-0.25, -0.2) is 0 Å². The number of phenolic OH excluding ortho intramolecular Hbond substituents is 1. The summed E-state index contributed by atoms with van der Waals surface area (Å²) in [6, 6.07) is 16.1. The fourth-order valence-corrected chi connectivity index (χ4v) is 2.17. The minimum atomic E-state index is -0.328. The van der Waals surface area contributed by atoms with Crippen molar-refractivity contribution in [2.45, 2.75) is 18.9 Å². The highest BCUT2D eigenvalue weighted by molar-refractivity contribution is 5.79. The molecule has 0 fully saturated rings. The normalized spacial score (nSPS) is 11.9. The molecule has 0 aromatic heterocycles. The summed E-state index contributed by atoms with van der Waals surface area (Å²) in [5.41, 5.74) is 1.63. The second-order valence-corrected chi connectivity index (χ2v) is 4.94. The van der Waals surface area contributed by atoms with E-state index in [0.29, 0.717) is 12.0 Å². The monoisotopic (exact) mass is 285 g/mol. The van der Waals surface area contributed by atoms with Crippen molar-refractivity contribution in [1.82, 2.24) is 5.32 Å². The minimum Gasteiger partial charge on any atom is -0.508 e. The second-order valence-electron chi connectivity index (χ2n) is 4.94. The van der Waals surface area contributed by atoms with Crippen molar-refractivity contribution in [2.75, 3.05) is 6.61 Å². The van der Waals surface area contributed by atoms with Gasteiger partial charge in [-0.1, -0.05) is 48.5 Å². The molecule has 0 spiro atoms. The summed E-state index contributed by atoms with van der Waals surface area (Å²) in [6.45, 7) is -0.124. The van der Waals surface area contributed by atoms with Crippen LogP contribution in [0.2, 0.25) is 0 Å². The first-order valence-electron chi connectivity index (χ1n) is 6.90. The number of aliphatic hydroxyl groups excluding tert-OH is 1. The van der Waals surface area contributed by atoms with Crippen LogP contribution in [0.4, 0.5) is 0 Å². The Kier molecular flexibility index (Phi) is 5.35. The van der Waals surface area contributed by atoms with Crippen LogP contribution in [-0.2, 0) is 17.6 Å². The molecule has 2 rings (SSSR count). The average Bonchev–Trinajstić information content (AvgIpc) is 2.50. The van der Waals surface area contributed by atoms with Gasteiger partial charge in [0.05, 0.1) is 19.1 Å². The zero-order chi connectivity index (χ0) is 15.1. The number of carbonyl (C=O) groups is 1. The molecule has 0 unspecified atom stereocenters. The number of hydrogen-bond donors (Lipinski definition) is 3. The molecule has 0 aliphatic heterocycles. The molecule has 2 aromatic rings. The van der Waals surface area contributed by atoms with E-state index in [2.05, 4.69) is 5.32 Å². The highest BCUT2D eigenvalue weighted by atomic mass is 16.3. The molecule has 4 heteroatoms. The maximum absolute atomic E-state index is 12.0. The summed E-state index contributed by atoms with van der Waals surface area (Å²) in [5.74, 6) is -0.109. The minimum absolute atomic E-state index is 0.0952. The number of benzene rings is 2. The second kappa shape index (κ2) is 7.45. The first-order chi connectivity index (χ1) is 10.2. The smallest absolute Gasteiger partial charge is 0.224 e. The Hall–Kier alpha value is -2.33. The van der Waals surface area contributed by atoms with Gasteiger partial charge in [0.25, 0.3) is 0 Å². The predicted molar refractivity (Wildman–Crippen MR) is 81.0 cm³/mol. The third-order valence-corrected chi connectivity index (χ3v) is 3.25. The number of hydrogen-bond acceptors (Lipinski definition) is 3. The number of aliphatic hydroxyl groups is 1. The van der Waals surface area contributed by atoms with E-state index >= 15 is 0 Å². The quantitative estimate of drug-likeness (QED) is 0.756. The maximum atomic E-state index is 12.0. The van der Waals surface area contributed by atoms with Crippen LogP contribution in [0.15, 0.2) is 54.6 Å². The zero-order valence-corrected chi connectivity index (χ0v) is 11.7. The van der Waals surface area contributed by atoms with Gasteiger partial charge in [-0.3, -0.25) is 4.79 Å². The topological polar surface area (TPSA) is 69.6 Å². The van der Waals surface area contributed by atoms with Gasteiger partial charge in [0.15, 0.2) is 0 Å². The van der Waals surface area contributed by atoms with Crippen LogP contribution < -0.4 is 5.32 Å². The van der Waals surface area contributed by atoms with Gasteiger partial charge in [0.2, 0.25) is 5.91 Å². The van der Waals surface area contributed by atoms with E-state index < -0.39 is 0 Å². The van der Waals surface area contributed by atoms with Gasteiger partial charge in [-0.15, -0.1) is 0 Å². The molecular formula is C17H19NO3. The van der Waals surface area contributed by atoms with Crippen LogP contribution >= 0.6 is 0 Å². The Labute approximate surface area is 124 Å². The molecule has 4 nitrogen and oxygen atoms in total. The number of amides is 1. The predicted octanol–water partition coefficient (Wildman–Crippen LogP) is 1.65. The maximum Gasteiger partial charge on any atom is 0.224 e. The molecule has 0 heterocycles. The lowest BCUT2D eigenvalue weighted by Gasteiger charge is -2.16. The molecule has 0 aliphatic rings. The Bertz CT molecular complexity index is 584. The SMILES string of the molecule is O=C(Cc1ccccc1O)N[C@@H](CO)Cc1ccccc1. The summed E-state index contributed by atoms with van der Waals surface area (Å²) in [4.78, 5) is 12.0. The van der Waals surface area contributed by atoms with Gasteiger partial charge >= 0.3 is 0 Å². The van der Waals surface area contributed by atoms with Crippen LogP contribution in [0, 0.1) is 0 Å². The number of aromatic hydroxyl groups is 1. The Morgan fingerprint density at radius 1 is 1.05 bits per heavy atom. The van der Waals surface area contributed by atoms with Gasteiger partial charge in [-0.2, -0.15) is 0 Å². The van der Waals surface area contributed by atoms with E-state index in [1.807, 2.05) is 30.3 Å². The molecule has 1 amide bonds. The number of nitrogens with one attached hydrogen (secondary N) is 1. The average molecular weight is 285 g/mol. The number of rotatable bonds is 6. The first kappa shape index (κ1) is 15.1. The van der Waals surface area contributed by atoms with Crippen LogP contribution in [0.3, 0.4) is 0 Å². The molecule has 0 radical (unpaired) electrons. The molecule has 0 bridgehead atoms. The number of phenols is 1. The summed E-state index contributed by atoms with van der Waals surface area (Å²) in [5, 5.41) is 21.8. The highest BCUT2D eigenvalue weighted by Crippen LogP contribution is 2.16. The van der Waals surface area contributed by atoms with Crippen molar-refractivity contribution in [3.8, 4) is 5.75 Å². The van der Waals surface area contributed by atoms with Gasteiger partial charge in [0, 0.05) is 5.56 Å². The van der Waals surface area contributed by atoms with E-state index in [0.717, 1.165) is 5.56 Å². The van der Waals surface area contributed by atoms with E-state index in [1.54, 1.807) is 24.3 Å². The lowest BCUT2D eigenvalue weighted by atomic mass is 10.1. The molecule has 0 aliphatic carbocycles. The van der Waals surface area contributed by atoms with Gasteiger partial charge in [-0.05, 0) is 18.1 Å². The number of carbonyl (C=O) groups excluding carboxylic acids is 1. The number of para-hydroxylation sites is 1. The Balaban J connectivity index is 1.92. The third kappa shape index (κ3) is 4.61. The van der Waals surface area contributed by atoms with E-state index in [9.17, 15) is 15.0 Å². The Morgan fingerprint density at radius 2 is 1.71 bits per heavy atom. The van der Waals surface area contributed by atoms with E-state index in [4.69, 9.17) is 0 Å². The summed E-state index contributed by atoms with van der Waals surface area (Å²) >= 11 is 0. The molecular weight excluding hydrogens is 266 g/mol. The van der Waals surface area contributed by atoms with E-state index in [1.165, 1.54) is 0 Å². The standard InChI is InChI=1S/C17H19NO3/c19-12-15(10-13-6-2-1-3-7-13)18-17(21)11-14-8-4-5-9-16(14)20/h1-9,15,19-20H,10-12H2,(H,18,21)/t15-/m1/s1. The van der Waals surface area contributed by atoms with Crippen LogP contribution in [0.1, 0.15) is 11.1 Å². The largest absolute Gasteiger partial charge is 0.508 e. The van der Waals surface area contributed by atoms with Crippen molar-refractivity contribution in [2.24, 2.45) is 0 Å². The summed E-state index contributed by atoms with van der Waals surface area (Å²) in [6.07, 6.45) is 0.668. The van der Waals surface area contributed by atoms with E-state index in [-0.39, 0.29) is 30.7 Å². The summed E-state index contributed by atoms with van der Waals surface area (Å²) in [7, 11) is 0. The first-order valence-corrected chi connectivity index (χ1v) is 6.90. The molecule has 110 valence electrons. The third-order valence-electron chi connectivity index (χ3n) is 3.25. The van der Waals surface area contributed by atoms with Gasteiger partial charge in [0.1, 0.15) is 5.75 Å². The molecule has 1 atom stereocenters. The molecule has 2 aromatic carbocycles. The van der Waals surface area contributed by atoms with Crippen molar-refractivity contribution in [1.29, 1.82) is 0 Å². The van der Waals surface area contributed by atoms with Crippen molar-refractivity contribution in [3.05, 3.63) is 65.7 Å².